The predicted molar refractivity (Wildman–Crippen MR) is 81.4 cm³/mol. The molecule has 0 saturated carbocycles. The Hall–Kier alpha value is -2.49. The molecule has 1 aliphatic heterocycles. The molecule has 1 aromatic heterocycles. The summed E-state index contributed by atoms with van der Waals surface area (Å²) in [7, 11) is 0. The van der Waals surface area contributed by atoms with Gasteiger partial charge in [-0.2, -0.15) is 0 Å². The smallest absolute Gasteiger partial charge is 0.294 e. The second kappa shape index (κ2) is 4.52. The first-order valence-electron chi connectivity index (χ1n) is 6.81. The molecule has 21 heavy (non-hydrogen) atoms. The van der Waals surface area contributed by atoms with E-state index in [4.69, 9.17) is 4.42 Å². The van der Waals surface area contributed by atoms with E-state index in [1.54, 1.807) is 35.2 Å². The molecule has 0 aliphatic carbocycles. The molecule has 0 unspecified atom stereocenters. The Balaban J connectivity index is 2.18. The number of aromatic hydroxyl groups is 1. The van der Waals surface area contributed by atoms with Gasteiger partial charge >= 0.3 is 0 Å². The fourth-order valence-electron chi connectivity index (χ4n) is 2.90. The summed E-state index contributed by atoms with van der Waals surface area (Å²) in [4.78, 5) is 14.5. The van der Waals surface area contributed by atoms with Crippen LogP contribution in [0.4, 0.5) is 5.69 Å². The van der Waals surface area contributed by atoms with Crippen molar-refractivity contribution in [2.45, 2.75) is 26.3 Å². The number of nitrogens with zero attached hydrogens (tertiary/aromatic N) is 1. The monoisotopic (exact) mass is 283 g/mol. The molecule has 2 aromatic rings. The SMILES string of the molecule is CC1=CC(C)(C)N(C(=O)c2ccco2)c2ccc(O)cc21. The molecule has 3 rings (SSSR count). The summed E-state index contributed by atoms with van der Waals surface area (Å²) >= 11 is 0. The lowest BCUT2D eigenvalue weighted by Crippen LogP contribution is -2.48. The second-order valence-corrected chi connectivity index (χ2v) is 5.80. The lowest BCUT2D eigenvalue weighted by molar-refractivity contribution is 0.0943. The third-order valence-corrected chi connectivity index (χ3v) is 3.73. The molecule has 0 saturated heterocycles. The number of allylic oxidation sites excluding steroid dienone is 1. The molecular formula is C17H17NO3. The predicted octanol–water partition coefficient (Wildman–Crippen LogP) is 3.83. The van der Waals surface area contributed by atoms with Crippen molar-refractivity contribution in [3.63, 3.8) is 0 Å². The molecule has 0 radical (unpaired) electrons. The molecule has 0 spiro atoms. The molecule has 4 heteroatoms. The molecular weight excluding hydrogens is 266 g/mol. The number of phenolic OH excluding ortho intramolecular Hbond substituents is 1. The van der Waals surface area contributed by atoms with E-state index in [0.29, 0.717) is 5.76 Å². The summed E-state index contributed by atoms with van der Waals surface area (Å²) in [6, 6.07) is 8.39. The number of benzene rings is 1. The molecule has 4 nitrogen and oxygen atoms in total. The largest absolute Gasteiger partial charge is 0.508 e. The van der Waals surface area contributed by atoms with Crippen LogP contribution in [-0.4, -0.2) is 16.6 Å². The van der Waals surface area contributed by atoms with Crippen molar-refractivity contribution in [3.8, 4) is 5.75 Å². The molecule has 0 bridgehead atoms. The average Bonchev–Trinajstić information content (AvgIpc) is 2.92. The second-order valence-electron chi connectivity index (χ2n) is 5.80. The highest BCUT2D eigenvalue weighted by Gasteiger charge is 2.37. The van der Waals surface area contributed by atoms with E-state index in [2.05, 4.69) is 0 Å². The van der Waals surface area contributed by atoms with E-state index < -0.39 is 5.54 Å². The standard InChI is InChI=1S/C17H17NO3/c1-11-10-17(2,3)18(16(20)15-5-4-8-21-15)14-7-6-12(19)9-13(11)14/h4-10,19H,1-3H3. The minimum atomic E-state index is -0.474. The molecule has 108 valence electrons. The Morgan fingerprint density at radius 3 is 2.71 bits per heavy atom. The first kappa shape index (κ1) is 13.5. The van der Waals surface area contributed by atoms with E-state index in [0.717, 1.165) is 16.8 Å². The van der Waals surface area contributed by atoms with Gasteiger partial charge in [0.15, 0.2) is 5.76 Å². The fourth-order valence-corrected chi connectivity index (χ4v) is 2.90. The number of hydrogen-bond acceptors (Lipinski definition) is 3. The highest BCUT2D eigenvalue weighted by atomic mass is 16.3. The summed E-state index contributed by atoms with van der Waals surface area (Å²) in [5.41, 5.74) is 2.20. The van der Waals surface area contributed by atoms with Gasteiger partial charge in [-0.1, -0.05) is 6.08 Å². The summed E-state index contributed by atoms with van der Waals surface area (Å²) in [6.07, 6.45) is 3.51. The maximum atomic E-state index is 12.8. The van der Waals surface area contributed by atoms with E-state index in [-0.39, 0.29) is 11.7 Å². The zero-order valence-corrected chi connectivity index (χ0v) is 12.3. The Kier molecular flexibility index (Phi) is 2.90. The highest BCUT2D eigenvalue weighted by Crippen LogP contribution is 2.41. The third kappa shape index (κ3) is 2.13. The van der Waals surface area contributed by atoms with Gasteiger partial charge in [-0.15, -0.1) is 0 Å². The molecule has 1 aromatic carbocycles. The molecule has 1 amide bonds. The minimum Gasteiger partial charge on any atom is -0.508 e. The van der Waals surface area contributed by atoms with Crippen LogP contribution in [0.15, 0.2) is 47.1 Å². The molecule has 1 N–H and O–H groups in total. The van der Waals surface area contributed by atoms with Crippen molar-refractivity contribution in [2.24, 2.45) is 0 Å². The number of hydrogen-bond donors (Lipinski definition) is 1. The number of anilines is 1. The van der Waals surface area contributed by atoms with Gasteiger partial charge in [0.1, 0.15) is 5.75 Å². The maximum Gasteiger partial charge on any atom is 0.294 e. The van der Waals surface area contributed by atoms with Crippen LogP contribution in [0.2, 0.25) is 0 Å². The first-order chi connectivity index (χ1) is 9.90. The van der Waals surface area contributed by atoms with Gasteiger partial charge in [-0.05, 0) is 56.7 Å². The average molecular weight is 283 g/mol. The Labute approximate surface area is 123 Å². The zero-order valence-electron chi connectivity index (χ0n) is 12.3. The number of carbonyl (C=O) groups is 1. The lowest BCUT2D eigenvalue weighted by Gasteiger charge is -2.41. The van der Waals surface area contributed by atoms with Crippen LogP contribution in [0.5, 0.6) is 5.75 Å². The Bertz CT molecular complexity index is 726. The van der Waals surface area contributed by atoms with Crippen LogP contribution in [0.25, 0.3) is 5.57 Å². The van der Waals surface area contributed by atoms with Gasteiger partial charge in [-0.25, -0.2) is 0 Å². The van der Waals surface area contributed by atoms with E-state index >= 15 is 0 Å². The van der Waals surface area contributed by atoms with Gasteiger partial charge < -0.3 is 9.52 Å². The maximum absolute atomic E-state index is 12.8. The normalized spacial score (nSPS) is 16.3. The summed E-state index contributed by atoms with van der Waals surface area (Å²) in [6.45, 7) is 5.94. The molecule has 0 fully saturated rings. The van der Waals surface area contributed by atoms with Crippen molar-refractivity contribution in [3.05, 3.63) is 54.0 Å². The van der Waals surface area contributed by atoms with Crippen molar-refractivity contribution >= 4 is 17.2 Å². The Morgan fingerprint density at radius 2 is 2.05 bits per heavy atom. The number of amides is 1. The van der Waals surface area contributed by atoms with Crippen LogP contribution in [0.3, 0.4) is 0 Å². The van der Waals surface area contributed by atoms with Crippen LogP contribution in [0, 0.1) is 0 Å². The van der Waals surface area contributed by atoms with E-state index in [1.807, 2.05) is 26.8 Å². The Morgan fingerprint density at radius 1 is 1.29 bits per heavy atom. The van der Waals surface area contributed by atoms with Gasteiger partial charge in [0.25, 0.3) is 5.91 Å². The molecule has 1 aliphatic rings. The summed E-state index contributed by atoms with van der Waals surface area (Å²) in [5.74, 6) is 0.294. The van der Waals surface area contributed by atoms with Crippen LogP contribution in [-0.2, 0) is 0 Å². The third-order valence-electron chi connectivity index (χ3n) is 3.73. The number of fused-ring (bicyclic) bond motifs is 1. The number of rotatable bonds is 1. The van der Waals surface area contributed by atoms with Crippen molar-refractivity contribution < 1.29 is 14.3 Å². The minimum absolute atomic E-state index is 0.187. The van der Waals surface area contributed by atoms with Gasteiger partial charge in [0.2, 0.25) is 0 Å². The molecule has 0 atom stereocenters. The van der Waals surface area contributed by atoms with E-state index in [9.17, 15) is 9.90 Å². The van der Waals surface area contributed by atoms with Crippen molar-refractivity contribution in [1.29, 1.82) is 0 Å². The fraction of sp³-hybridized carbons (Fsp3) is 0.235. The van der Waals surface area contributed by atoms with Crippen LogP contribution >= 0.6 is 0 Å². The lowest BCUT2D eigenvalue weighted by atomic mass is 9.88. The number of furan rings is 1. The summed E-state index contributed by atoms with van der Waals surface area (Å²) < 4.78 is 5.25. The topological polar surface area (TPSA) is 53.7 Å². The number of carbonyl (C=O) groups excluding carboxylic acids is 1. The van der Waals surface area contributed by atoms with Crippen molar-refractivity contribution in [2.75, 3.05) is 4.90 Å². The highest BCUT2D eigenvalue weighted by molar-refractivity contribution is 6.08. The van der Waals surface area contributed by atoms with Gasteiger partial charge in [0.05, 0.1) is 17.5 Å². The zero-order chi connectivity index (χ0) is 15.2. The van der Waals surface area contributed by atoms with E-state index in [1.165, 1.54) is 6.26 Å². The summed E-state index contributed by atoms with van der Waals surface area (Å²) in [5, 5.41) is 9.70. The van der Waals surface area contributed by atoms with Gasteiger partial charge in [0, 0.05) is 5.56 Å². The number of phenols is 1. The first-order valence-corrected chi connectivity index (χ1v) is 6.81. The van der Waals surface area contributed by atoms with Gasteiger partial charge in [-0.3, -0.25) is 9.69 Å². The van der Waals surface area contributed by atoms with Crippen molar-refractivity contribution in [1.82, 2.24) is 0 Å². The van der Waals surface area contributed by atoms with Crippen LogP contribution in [0.1, 0.15) is 36.9 Å². The quantitative estimate of drug-likeness (QED) is 0.865. The molecule has 2 heterocycles. The van der Waals surface area contributed by atoms with Crippen LogP contribution < -0.4 is 4.90 Å².